The highest BCUT2D eigenvalue weighted by molar-refractivity contribution is 6.13. The Morgan fingerprint density at radius 1 is 0.750 bits per heavy atom. The van der Waals surface area contributed by atoms with Gasteiger partial charge in [0.2, 0.25) is 0 Å². The van der Waals surface area contributed by atoms with Gasteiger partial charge >= 0.3 is 0 Å². The molecule has 0 radical (unpaired) electrons. The third-order valence-corrected chi connectivity index (χ3v) is 3.23. The minimum atomic E-state index is -0.0286. The first kappa shape index (κ1) is 13.8. The Labute approximate surface area is 119 Å². The van der Waals surface area contributed by atoms with E-state index in [0.29, 0.717) is 11.1 Å². The van der Waals surface area contributed by atoms with Gasteiger partial charge in [-0.15, -0.1) is 0 Å². The van der Waals surface area contributed by atoms with Crippen molar-refractivity contribution in [3.8, 4) is 0 Å². The van der Waals surface area contributed by atoms with E-state index in [2.05, 4.69) is 19.7 Å². The number of carbonyl (C=O) groups is 1. The zero-order valence-electron chi connectivity index (χ0n) is 11.3. The lowest BCUT2D eigenvalue weighted by atomic mass is 9.92. The van der Waals surface area contributed by atoms with E-state index in [9.17, 15) is 4.79 Å². The van der Waals surface area contributed by atoms with Crippen molar-refractivity contribution in [3.63, 3.8) is 0 Å². The summed E-state index contributed by atoms with van der Waals surface area (Å²) >= 11 is 0. The Morgan fingerprint density at radius 2 is 1.35 bits per heavy atom. The molecular formula is C19H16O. The van der Waals surface area contributed by atoms with Crippen molar-refractivity contribution in [2.24, 2.45) is 0 Å². The highest BCUT2D eigenvalue weighted by Gasteiger charge is 2.15. The Bertz CT molecular complexity index is 693. The third-order valence-electron chi connectivity index (χ3n) is 3.23. The van der Waals surface area contributed by atoms with E-state index in [0.717, 1.165) is 16.7 Å². The molecule has 98 valence electrons. The summed E-state index contributed by atoms with van der Waals surface area (Å²) in [5.74, 6) is -0.0286. The topological polar surface area (TPSA) is 17.1 Å². The maximum atomic E-state index is 12.7. The molecule has 1 nitrogen and oxygen atoms in total. The van der Waals surface area contributed by atoms with E-state index in [1.54, 1.807) is 18.2 Å². The molecule has 0 unspecified atom stereocenters. The maximum Gasteiger partial charge on any atom is 0.194 e. The monoisotopic (exact) mass is 260 g/mol. The first-order valence-electron chi connectivity index (χ1n) is 6.37. The van der Waals surface area contributed by atoms with E-state index in [1.807, 2.05) is 42.5 Å². The van der Waals surface area contributed by atoms with Crippen molar-refractivity contribution in [3.05, 3.63) is 90.0 Å². The summed E-state index contributed by atoms with van der Waals surface area (Å²) in [6, 6.07) is 13.0. The molecule has 20 heavy (non-hydrogen) atoms. The number of hydrogen-bond donors (Lipinski definition) is 0. The molecular weight excluding hydrogens is 244 g/mol. The van der Waals surface area contributed by atoms with Gasteiger partial charge in [0, 0.05) is 11.1 Å². The molecule has 0 aliphatic carbocycles. The molecule has 0 N–H and O–H groups in total. The highest BCUT2D eigenvalue weighted by atomic mass is 16.1. The molecule has 0 heterocycles. The molecule has 0 aromatic heterocycles. The van der Waals surface area contributed by atoms with E-state index in [4.69, 9.17) is 0 Å². The second-order valence-corrected chi connectivity index (χ2v) is 4.34. The lowest BCUT2D eigenvalue weighted by Crippen LogP contribution is -2.06. The van der Waals surface area contributed by atoms with Crippen LogP contribution in [0.3, 0.4) is 0 Å². The van der Waals surface area contributed by atoms with Crippen LogP contribution in [0.15, 0.2) is 62.2 Å². The smallest absolute Gasteiger partial charge is 0.194 e. The van der Waals surface area contributed by atoms with Gasteiger partial charge in [0.05, 0.1) is 0 Å². The molecule has 0 atom stereocenters. The van der Waals surface area contributed by atoms with Crippen LogP contribution in [0.2, 0.25) is 0 Å². The predicted molar refractivity (Wildman–Crippen MR) is 86.6 cm³/mol. The standard InChI is InChI=1S/C19H16O/c1-4-14-11-9-13-18(16(14)6-3)19(20)17-12-8-7-10-15(17)5-2/h4-13H,1-3H2. The van der Waals surface area contributed by atoms with Crippen LogP contribution >= 0.6 is 0 Å². The summed E-state index contributed by atoms with van der Waals surface area (Å²) in [6.45, 7) is 11.3. The lowest BCUT2D eigenvalue weighted by Gasteiger charge is -2.10. The van der Waals surface area contributed by atoms with Gasteiger partial charge in [-0.25, -0.2) is 0 Å². The number of rotatable bonds is 5. The van der Waals surface area contributed by atoms with Gasteiger partial charge in [0.1, 0.15) is 0 Å². The molecule has 0 amide bonds. The fraction of sp³-hybridized carbons (Fsp3) is 0. The second-order valence-electron chi connectivity index (χ2n) is 4.34. The van der Waals surface area contributed by atoms with Gasteiger partial charge in [-0.1, -0.05) is 80.4 Å². The van der Waals surface area contributed by atoms with Crippen molar-refractivity contribution in [2.45, 2.75) is 0 Å². The van der Waals surface area contributed by atoms with Crippen LogP contribution in [-0.2, 0) is 0 Å². The molecule has 0 aliphatic heterocycles. The number of ketones is 1. The fourth-order valence-corrected chi connectivity index (χ4v) is 2.21. The molecule has 1 heteroatoms. The average molecular weight is 260 g/mol. The Hall–Kier alpha value is -2.67. The summed E-state index contributed by atoms with van der Waals surface area (Å²) < 4.78 is 0. The van der Waals surface area contributed by atoms with Crippen molar-refractivity contribution < 1.29 is 4.79 Å². The summed E-state index contributed by atoms with van der Waals surface area (Å²) in [5, 5.41) is 0. The van der Waals surface area contributed by atoms with Crippen LogP contribution in [0.1, 0.15) is 32.6 Å². The largest absolute Gasteiger partial charge is 0.289 e. The van der Waals surface area contributed by atoms with Crippen molar-refractivity contribution in [1.29, 1.82) is 0 Å². The third kappa shape index (κ3) is 2.39. The average Bonchev–Trinajstić information content (AvgIpc) is 2.53. The number of carbonyl (C=O) groups excluding carboxylic acids is 1. The summed E-state index contributed by atoms with van der Waals surface area (Å²) in [6.07, 6.45) is 5.12. The Kier molecular flexibility index (Phi) is 4.11. The molecule has 0 spiro atoms. The molecule has 0 saturated heterocycles. The molecule has 0 bridgehead atoms. The zero-order valence-corrected chi connectivity index (χ0v) is 11.3. The Morgan fingerprint density at radius 3 is 2.00 bits per heavy atom. The van der Waals surface area contributed by atoms with E-state index < -0.39 is 0 Å². The highest BCUT2D eigenvalue weighted by Crippen LogP contribution is 2.22. The van der Waals surface area contributed by atoms with Gasteiger partial charge < -0.3 is 0 Å². The van der Waals surface area contributed by atoms with Crippen LogP contribution in [0.25, 0.3) is 18.2 Å². The summed E-state index contributed by atoms with van der Waals surface area (Å²) in [4.78, 5) is 12.7. The molecule has 0 aliphatic rings. The number of hydrogen-bond acceptors (Lipinski definition) is 1. The van der Waals surface area contributed by atoms with Gasteiger partial charge in [-0.2, -0.15) is 0 Å². The molecule has 2 aromatic carbocycles. The zero-order chi connectivity index (χ0) is 14.5. The first-order chi connectivity index (χ1) is 9.72. The summed E-state index contributed by atoms with van der Waals surface area (Å²) in [5.41, 5.74) is 3.82. The molecule has 2 aromatic rings. The van der Waals surface area contributed by atoms with Crippen LogP contribution in [0.5, 0.6) is 0 Å². The first-order valence-corrected chi connectivity index (χ1v) is 6.37. The van der Waals surface area contributed by atoms with E-state index in [1.165, 1.54) is 0 Å². The SMILES string of the molecule is C=Cc1ccccc1C(=O)c1cccc(C=C)c1C=C. The summed E-state index contributed by atoms with van der Waals surface area (Å²) in [7, 11) is 0. The van der Waals surface area contributed by atoms with Crippen LogP contribution in [0, 0.1) is 0 Å². The van der Waals surface area contributed by atoms with Crippen LogP contribution in [-0.4, -0.2) is 5.78 Å². The van der Waals surface area contributed by atoms with Crippen LogP contribution < -0.4 is 0 Å². The predicted octanol–water partition coefficient (Wildman–Crippen LogP) is 4.85. The van der Waals surface area contributed by atoms with E-state index in [-0.39, 0.29) is 5.78 Å². The second kappa shape index (κ2) is 5.98. The molecule has 2 rings (SSSR count). The quantitative estimate of drug-likeness (QED) is 0.702. The lowest BCUT2D eigenvalue weighted by molar-refractivity contribution is 0.103. The van der Waals surface area contributed by atoms with Gasteiger partial charge in [0.25, 0.3) is 0 Å². The Balaban J connectivity index is 2.62. The minimum Gasteiger partial charge on any atom is -0.289 e. The fourth-order valence-electron chi connectivity index (χ4n) is 2.21. The van der Waals surface area contributed by atoms with Crippen molar-refractivity contribution in [2.75, 3.05) is 0 Å². The van der Waals surface area contributed by atoms with Crippen molar-refractivity contribution in [1.82, 2.24) is 0 Å². The maximum absolute atomic E-state index is 12.7. The van der Waals surface area contributed by atoms with Crippen LogP contribution in [0.4, 0.5) is 0 Å². The van der Waals surface area contributed by atoms with Gasteiger partial charge in [0.15, 0.2) is 5.78 Å². The van der Waals surface area contributed by atoms with Gasteiger partial charge in [-0.3, -0.25) is 4.79 Å². The molecule has 0 fully saturated rings. The minimum absolute atomic E-state index is 0.0286. The van der Waals surface area contributed by atoms with Gasteiger partial charge in [-0.05, 0) is 16.7 Å². The number of benzene rings is 2. The molecule has 0 saturated carbocycles. The van der Waals surface area contributed by atoms with E-state index >= 15 is 0 Å². The normalized spacial score (nSPS) is 9.80. The van der Waals surface area contributed by atoms with Crippen molar-refractivity contribution >= 4 is 24.0 Å².